The zero-order valence-corrected chi connectivity index (χ0v) is 13.5. The van der Waals surface area contributed by atoms with E-state index in [1.807, 2.05) is 18.2 Å². The summed E-state index contributed by atoms with van der Waals surface area (Å²) in [5, 5.41) is 0. The minimum absolute atomic E-state index is 0.170. The third-order valence-corrected chi connectivity index (χ3v) is 4.27. The third kappa shape index (κ3) is 3.55. The van der Waals surface area contributed by atoms with Gasteiger partial charge in [-0.15, -0.1) is 0 Å². The summed E-state index contributed by atoms with van der Waals surface area (Å²) < 4.78 is 11.3. The van der Waals surface area contributed by atoms with Crippen molar-refractivity contribution in [2.45, 2.75) is 32.1 Å². The van der Waals surface area contributed by atoms with Crippen molar-refractivity contribution in [2.24, 2.45) is 0 Å². The van der Waals surface area contributed by atoms with Gasteiger partial charge in [0.25, 0.3) is 0 Å². The molecule has 0 N–H and O–H groups in total. The minimum atomic E-state index is 0.170. The zero-order chi connectivity index (χ0) is 16.1. The Morgan fingerprint density at radius 2 is 1.78 bits per heavy atom. The van der Waals surface area contributed by atoms with Crippen LogP contribution in [0, 0.1) is 0 Å². The average Bonchev–Trinajstić information content (AvgIpc) is 2.59. The zero-order valence-electron chi connectivity index (χ0n) is 13.5. The highest BCUT2D eigenvalue weighted by Crippen LogP contribution is 2.36. The molecule has 3 nitrogen and oxygen atoms in total. The molecule has 0 spiro atoms. The van der Waals surface area contributed by atoms with Crippen LogP contribution >= 0.6 is 0 Å². The van der Waals surface area contributed by atoms with Gasteiger partial charge in [-0.1, -0.05) is 30.3 Å². The SMILES string of the molecule is COc1ccc(OCCCc2ccccc2)c2c1CCCC2=O. The quantitative estimate of drug-likeness (QED) is 0.749. The van der Waals surface area contributed by atoms with Crippen molar-refractivity contribution in [3.63, 3.8) is 0 Å². The lowest BCUT2D eigenvalue weighted by Crippen LogP contribution is -2.14. The molecule has 0 bridgehead atoms. The number of ether oxygens (including phenoxy) is 2. The molecule has 23 heavy (non-hydrogen) atoms. The van der Waals surface area contributed by atoms with Gasteiger partial charge in [-0.2, -0.15) is 0 Å². The van der Waals surface area contributed by atoms with Gasteiger partial charge in [0.2, 0.25) is 0 Å². The highest BCUT2D eigenvalue weighted by molar-refractivity contribution is 6.01. The van der Waals surface area contributed by atoms with Gasteiger partial charge in [-0.25, -0.2) is 0 Å². The second-order valence-corrected chi connectivity index (χ2v) is 5.83. The molecule has 2 aromatic carbocycles. The van der Waals surface area contributed by atoms with E-state index in [0.717, 1.165) is 42.6 Å². The number of Topliss-reactive ketones (excluding diaryl/α,β-unsaturated/α-hetero) is 1. The number of aryl methyl sites for hydroxylation is 1. The Hall–Kier alpha value is -2.29. The van der Waals surface area contributed by atoms with Crippen molar-refractivity contribution in [3.05, 3.63) is 59.2 Å². The van der Waals surface area contributed by atoms with E-state index in [9.17, 15) is 4.79 Å². The molecule has 0 fully saturated rings. The van der Waals surface area contributed by atoms with Gasteiger partial charge in [-0.05, 0) is 43.4 Å². The Kier molecular flexibility index (Phi) is 4.96. The highest BCUT2D eigenvalue weighted by Gasteiger charge is 2.24. The number of fused-ring (bicyclic) bond motifs is 1. The molecule has 0 amide bonds. The van der Waals surface area contributed by atoms with E-state index in [1.54, 1.807) is 7.11 Å². The summed E-state index contributed by atoms with van der Waals surface area (Å²) >= 11 is 0. The number of benzene rings is 2. The molecule has 0 aliphatic heterocycles. The summed E-state index contributed by atoms with van der Waals surface area (Å²) in [6, 6.07) is 14.1. The van der Waals surface area contributed by atoms with Gasteiger partial charge >= 0.3 is 0 Å². The van der Waals surface area contributed by atoms with E-state index >= 15 is 0 Å². The summed E-state index contributed by atoms with van der Waals surface area (Å²) in [6.45, 7) is 0.612. The van der Waals surface area contributed by atoms with Crippen molar-refractivity contribution >= 4 is 5.78 Å². The van der Waals surface area contributed by atoms with Crippen molar-refractivity contribution in [3.8, 4) is 11.5 Å². The van der Waals surface area contributed by atoms with Crippen LogP contribution in [0.1, 0.15) is 40.7 Å². The Labute approximate surface area is 137 Å². The molecule has 0 unspecified atom stereocenters. The normalized spacial score (nSPS) is 13.5. The maximum absolute atomic E-state index is 12.3. The number of carbonyl (C=O) groups is 1. The van der Waals surface area contributed by atoms with Crippen molar-refractivity contribution < 1.29 is 14.3 Å². The monoisotopic (exact) mass is 310 g/mol. The van der Waals surface area contributed by atoms with Gasteiger partial charge in [0.05, 0.1) is 19.3 Å². The maximum Gasteiger partial charge on any atom is 0.167 e. The molecule has 0 heterocycles. The van der Waals surface area contributed by atoms with Crippen molar-refractivity contribution in [1.29, 1.82) is 0 Å². The number of ketones is 1. The fourth-order valence-corrected chi connectivity index (χ4v) is 3.13. The van der Waals surface area contributed by atoms with Gasteiger partial charge in [-0.3, -0.25) is 4.79 Å². The number of carbonyl (C=O) groups excluding carboxylic acids is 1. The van der Waals surface area contributed by atoms with Crippen LogP contribution in [0.25, 0.3) is 0 Å². The lowest BCUT2D eigenvalue weighted by Gasteiger charge is -2.21. The van der Waals surface area contributed by atoms with Gasteiger partial charge in [0.15, 0.2) is 5.78 Å². The van der Waals surface area contributed by atoms with Crippen molar-refractivity contribution in [1.82, 2.24) is 0 Å². The summed E-state index contributed by atoms with van der Waals surface area (Å²) in [5.74, 6) is 1.67. The first-order chi connectivity index (χ1) is 11.3. The van der Waals surface area contributed by atoms with E-state index in [4.69, 9.17) is 9.47 Å². The third-order valence-electron chi connectivity index (χ3n) is 4.27. The number of hydrogen-bond acceptors (Lipinski definition) is 3. The number of methoxy groups -OCH3 is 1. The molecule has 2 aromatic rings. The van der Waals surface area contributed by atoms with Gasteiger partial charge < -0.3 is 9.47 Å². The molecule has 0 atom stereocenters. The second kappa shape index (κ2) is 7.32. The summed E-state index contributed by atoms with van der Waals surface area (Å²) in [7, 11) is 1.65. The van der Waals surface area contributed by atoms with Crippen LogP contribution in [0.5, 0.6) is 11.5 Å². The van der Waals surface area contributed by atoms with E-state index < -0.39 is 0 Å². The first-order valence-corrected chi connectivity index (χ1v) is 8.19. The molecule has 3 rings (SSSR count). The molecule has 0 radical (unpaired) electrons. The van der Waals surface area contributed by atoms with Crippen LogP contribution in [0.15, 0.2) is 42.5 Å². The Morgan fingerprint density at radius 1 is 1.00 bits per heavy atom. The molecule has 0 aromatic heterocycles. The molecular formula is C20H22O3. The topological polar surface area (TPSA) is 35.5 Å². The summed E-state index contributed by atoms with van der Waals surface area (Å²) in [6.07, 6.45) is 4.28. The largest absolute Gasteiger partial charge is 0.496 e. The summed E-state index contributed by atoms with van der Waals surface area (Å²) in [5.41, 5.74) is 3.04. The van der Waals surface area contributed by atoms with Crippen LogP contribution < -0.4 is 9.47 Å². The smallest absolute Gasteiger partial charge is 0.167 e. The van der Waals surface area contributed by atoms with E-state index in [0.29, 0.717) is 18.8 Å². The van der Waals surface area contributed by atoms with Crippen LogP contribution in [0.4, 0.5) is 0 Å². The summed E-state index contributed by atoms with van der Waals surface area (Å²) in [4.78, 5) is 12.3. The lowest BCUT2D eigenvalue weighted by atomic mass is 9.89. The Bertz CT molecular complexity index is 677. The maximum atomic E-state index is 12.3. The molecular weight excluding hydrogens is 288 g/mol. The molecule has 0 saturated heterocycles. The standard InChI is InChI=1S/C20H22O3/c1-22-18-12-13-19(20-16(18)10-5-11-17(20)21)23-14-6-9-15-7-3-2-4-8-15/h2-4,7-8,12-13H,5-6,9-11,14H2,1H3. The Balaban J connectivity index is 1.67. The van der Waals surface area contributed by atoms with Crippen LogP contribution in [0.3, 0.4) is 0 Å². The molecule has 1 aliphatic carbocycles. The fourth-order valence-electron chi connectivity index (χ4n) is 3.13. The van der Waals surface area contributed by atoms with E-state index in [1.165, 1.54) is 5.56 Å². The molecule has 3 heteroatoms. The predicted molar refractivity (Wildman–Crippen MR) is 90.5 cm³/mol. The van der Waals surface area contributed by atoms with E-state index in [-0.39, 0.29) is 5.78 Å². The molecule has 120 valence electrons. The van der Waals surface area contributed by atoms with Crippen LogP contribution in [-0.4, -0.2) is 19.5 Å². The Morgan fingerprint density at radius 3 is 2.57 bits per heavy atom. The highest BCUT2D eigenvalue weighted by atomic mass is 16.5. The van der Waals surface area contributed by atoms with Gasteiger partial charge in [0.1, 0.15) is 11.5 Å². The first-order valence-electron chi connectivity index (χ1n) is 8.19. The predicted octanol–water partition coefficient (Wildman–Crippen LogP) is 4.23. The van der Waals surface area contributed by atoms with Crippen molar-refractivity contribution in [2.75, 3.05) is 13.7 Å². The first kappa shape index (κ1) is 15.6. The second-order valence-electron chi connectivity index (χ2n) is 5.83. The number of hydrogen-bond donors (Lipinski definition) is 0. The van der Waals surface area contributed by atoms with E-state index in [2.05, 4.69) is 24.3 Å². The lowest BCUT2D eigenvalue weighted by molar-refractivity contribution is 0.0967. The van der Waals surface area contributed by atoms with Crippen LogP contribution in [-0.2, 0) is 12.8 Å². The van der Waals surface area contributed by atoms with Gasteiger partial charge in [0, 0.05) is 12.0 Å². The minimum Gasteiger partial charge on any atom is -0.496 e. The average molecular weight is 310 g/mol. The van der Waals surface area contributed by atoms with Crippen LogP contribution in [0.2, 0.25) is 0 Å². The number of rotatable bonds is 6. The molecule has 1 aliphatic rings. The fraction of sp³-hybridized carbons (Fsp3) is 0.350. The molecule has 0 saturated carbocycles.